The average Bonchev–Trinajstić information content (AvgIpc) is 3.08. The van der Waals surface area contributed by atoms with Crippen LogP contribution < -0.4 is 5.56 Å². The maximum absolute atomic E-state index is 12.8. The molecule has 4 rings (SSSR count). The van der Waals surface area contributed by atoms with Crippen LogP contribution in [0.2, 0.25) is 0 Å². The highest BCUT2D eigenvalue weighted by atomic mass is 16.1. The summed E-state index contributed by atoms with van der Waals surface area (Å²) in [6.45, 7) is 2.79. The Hall–Kier alpha value is -3.01. The number of fused-ring (bicyclic) bond motifs is 1. The standard InChI is InChI=1S/C21H21N3O/c1-15-20(21(25)23(3)22(15)2)18-14-24(13-16-9-5-4-6-10-16)19-12-8-7-11-17(18)19/h4-12,14H,13H2,1-3H3. The zero-order chi connectivity index (χ0) is 17.6. The van der Waals surface area contributed by atoms with Crippen LogP contribution >= 0.6 is 0 Å². The van der Waals surface area contributed by atoms with Crippen LogP contribution in [0.1, 0.15) is 11.3 Å². The lowest BCUT2D eigenvalue weighted by Gasteiger charge is -2.05. The molecule has 0 atom stereocenters. The van der Waals surface area contributed by atoms with Crippen molar-refractivity contribution in [2.45, 2.75) is 13.5 Å². The van der Waals surface area contributed by atoms with Gasteiger partial charge in [0.2, 0.25) is 0 Å². The van der Waals surface area contributed by atoms with Crippen molar-refractivity contribution in [3.05, 3.63) is 82.4 Å². The molecule has 0 N–H and O–H groups in total. The van der Waals surface area contributed by atoms with Gasteiger partial charge in [-0.2, -0.15) is 0 Å². The SMILES string of the molecule is Cc1c(-c2cn(Cc3ccccc3)c3ccccc23)c(=O)n(C)n1C. The van der Waals surface area contributed by atoms with E-state index in [2.05, 4.69) is 47.2 Å². The lowest BCUT2D eigenvalue weighted by Crippen LogP contribution is -2.17. The largest absolute Gasteiger partial charge is 0.342 e. The minimum Gasteiger partial charge on any atom is -0.342 e. The van der Waals surface area contributed by atoms with Crippen molar-refractivity contribution in [2.75, 3.05) is 0 Å². The quantitative estimate of drug-likeness (QED) is 0.563. The molecule has 0 saturated heterocycles. The van der Waals surface area contributed by atoms with Crippen LogP contribution in [0, 0.1) is 6.92 Å². The zero-order valence-corrected chi connectivity index (χ0v) is 14.7. The molecule has 2 aromatic heterocycles. The highest BCUT2D eigenvalue weighted by molar-refractivity contribution is 5.96. The summed E-state index contributed by atoms with van der Waals surface area (Å²) in [6.07, 6.45) is 2.11. The van der Waals surface area contributed by atoms with Crippen molar-refractivity contribution in [3.63, 3.8) is 0 Å². The second kappa shape index (κ2) is 5.81. The first-order chi connectivity index (χ1) is 12.1. The third-order valence-electron chi connectivity index (χ3n) is 5.06. The van der Waals surface area contributed by atoms with Crippen molar-refractivity contribution in [2.24, 2.45) is 14.1 Å². The number of benzene rings is 2. The molecule has 25 heavy (non-hydrogen) atoms. The maximum atomic E-state index is 12.8. The van der Waals surface area contributed by atoms with Crippen LogP contribution in [0.3, 0.4) is 0 Å². The van der Waals surface area contributed by atoms with Crippen molar-refractivity contribution >= 4 is 10.9 Å². The smallest absolute Gasteiger partial charge is 0.274 e. The second-order valence-electron chi connectivity index (χ2n) is 6.49. The number of para-hydroxylation sites is 1. The van der Waals surface area contributed by atoms with E-state index >= 15 is 0 Å². The van der Waals surface area contributed by atoms with Crippen LogP contribution in [0.25, 0.3) is 22.0 Å². The minimum atomic E-state index is 0.0441. The molecule has 0 amide bonds. The molecule has 0 saturated carbocycles. The third kappa shape index (κ3) is 2.41. The van der Waals surface area contributed by atoms with E-state index in [0.717, 1.165) is 34.3 Å². The Morgan fingerprint density at radius 1 is 0.880 bits per heavy atom. The van der Waals surface area contributed by atoms with E-state index in [4.69, 9.17) is 0 Å². The van der Waals surface area contributed by atoms with Gasteiger partial charge in [0.25, 0.3) is 5.56 Å². The van der Waals surface area contributed by atoms with Crippen LogP contribution in [0.4, 0.5) is 0 Å². The fraction of sp³-hybridized carbons (Fsp3) is 0.190. The molecule has 0 spiro atoms. The monoisotopic (exact) mass is 331 g/mol. The first-order valence-electron chi connectivity index (χ1n) is 8.42. The molecule has 0 bridgehead atoms. The normalized spacial score (nSPS) is 11.3. The molecule has 4 aromatic rings. The van der Waals surface area contributed by atoms with Gasteiger partial charge in [-0.1, -0.05) is 48.5 Å². The van der Waals surface area contributed by atoms with Gasteiger partial charge in [-0.05, 0) is 18.6 Å². The van der Waals surface area contributed by atoms with Crippen LogP contribution in [0.5, 0.6) is 0 Å². The van der Waals surface area contributed by atoms with Gasteiger partial charge < -0.3 is 4.57 Å². The van der Waals surface area contributed by atoms with Crippen LogP contribution in [-0.4, -0.2) is 13.9 Å². The maximum Gasteiger partial charge on any atom is 0.274 e. The summed E-state index contributed by atoms with van der Waals surface area (Å²) in [5.41, 5.74) is 5.20. The Labute approximate surface area is 146 Å². The Kier molecular flexibility index (Phi) is 3.61. The number of nitrogens with zero attached hydrogens (tertiary/aromatic N) is 3. The summed E-state index contributed by atoms with van der Waals surface area (Å²) in [5.74, 6) is 0. The number of hydrogen-bond acceptors (Lipinski definition) is 1. The molecule has 2 heterocycles. The molecular weight excluding hydrogens is 310 g/mol. The molecule has 0 aliphatic rings. The zero-order valence-electron chi connectivity index (χ0n) is 14.7. The van der Waals surface area contributed by atoms with Gasteiger partial charge >= 0.3 is 0 Å². The minimum absolute atomic E-state index is 0.0441. The summed E-state index contributed by atoms with van der Waals surface area (Å²) in [6, 6.07) is 18.7. The van der Waals surface area contributed by atoms with Gasteiger partial charge in [0.1, 0.15) is 0 Å². The molecule has 2 aromatic carbocycles. The van der Waals surface area contributed by atoms with E-state index in [1.807, 2.05) is 43.9 Å². The highest BCUT2D eigenvalue weighted by Gasteiger charge is 2.19. The van der Waals surface area contributed by atoms with Crippen molar-refractivity contribution < 1.29 is 0 Å². The van der Waals surface area contributed by atoms with E-state index in [1.54, 1.807) is 4.68 Å². The predicted octanol–water partition coefficient (Wildman–Crippen LogP) is 3.70. The Bertz CT molecular complexity index is 1110. The summed E-state index contributed by atoms with van der Waals surface area (Å²) >= 11 is 0. The van der Waals surface area contributed by atoms with Gasteiger partial charge in [0.05, 0.1) is 5.56 Å². The van der Waals surface area contributed by atoms with Crippen LogP contribution in [0.15, 0.2) is 65.6 Å². The fourth-order valence-corrected chi connectivity index (χ4v) is 3.51. The summed E-state index contributed by atoms with van der Waals surface area (Å²) in [4.78, 5) is 12.8. The summed E-state index contributed by atoms with van der Waals surface area (Å²) in [5, 5.41) is 1.12. The molecule has 4 heteroatoms. The molecule has 4 nitrogen and oxygen atoms in total. The molecule has 0 fully saturated rings. The Morgan fingerprint density at radius 2 is 1.56 bits per heavy atom. The van der Waals surface area contributed by atoms with Crippen molar-refractivity contribution in [1.29, 1.82) is 0 Å². The van der Waals surface area contributed by atoms with E-state index in [0.29, 0.717) is 0 Å². The average molecular weight is 331 g/mol. The number of hydrogen-bond donors (Lipinski definition) is 0. The Morgan fingerprint density at radius 3 is 2.24 bits per heavy atom. The van der Waals surface area contributed by atoms with E-state index in [9.17, 15) is 4.79 Å². The molecule has 0 unspecified atom stereocenters. The van der Waals surface area contributed by atoms with Gasteiger partial charge in [-0.25, -0.2) is 0 Å². The van der Waals surface area contributed by atoms with Crippen LogP contribution in [-0.2, 0) is 20.6 Å². The van der Waals surface area contributed by atoms with Gasteiger partial charge in [0, 0.05) is 49.0 Å². The second-order valence-corrected chi connectivity index (χ2v) is 6.49. The van der Waals surface area contributed by atoms with E-state index < -0.39 is 0 Å². The van der Waals surface area contributed by atoms with E-state index in [-0.39, 0.29) is 5.56 Å². The first kappa shape index (κ1) is 15.5. The lowest BCUT2D eigenvalue weighted by atomic mass is 10.1. The Balaban J connectivity index is 1.95. The number of aromatic nitrogens is 3. The van der Waals surface area contributed by atoms with Gasteiger partial charge in [0.15, 0.2) is 0 Å². The third-order valence-corrected chi connectivity index (χ3v) is 5.06. The van der Waals surface area contributed by atoms with E-state index in [1.165, 1.54) is 5.56 Å². The molecule has 126 valence electrons. The fourth-order valence-electron chi connectivity index (χ4n) is 3.51. The molecule has 0 aliphatic carbocycles. The molecular formula is C21H21N3O. The first-order valence-corrected chi connectivity index (χ1v) is 8.42. The lowest BCUT2D eigenvalue weighted by molar-refractivity contribution is 0.567. The predicted molar refractivity (Wildman–Crippen MR) is 102 cm³/mol. The van der Waals surface area contributed by atoms with Gasteiger partial charge in [-0.15, -0.1) is 0 Å². The molecule has 0 aliphatic heterocycles. The van der Waals surface area contributed by atoms with Gasteiger partial charge in [-0.3, -0.25) is 14.2 Å². The van der Waals surface area contributed by atoms with Crippen molar-refractivity contribution in [3.8, 4) is 11.1 Å². The summed E-state index contributed by atoms with van der Waals surface area (Å²) < 4.78 is 5.79. The topological polar surface area (TPSA) is 31.9 Å². The highest BCUT2D eigenvalue weighted by Crippen LogP contribution is 2.31. The molecule has 0 radical (unpaired) electrons. The number of rotatable bonds is 3. The summed E-state index contributed by atoms with van der Waals surface area (Å²) in [7, 11) is 3.73. The van der Waals surface area contributed by atoms with Crippen molar-refractivity contribution in [1.82, 2.24) is 13.9 Å².